The van der Waals surface area contributed by atoms with Gasteiger partial charge in [-0.05, 0) is 67.3 Å². The van der Waals surface area contributed by atoms with Crippen molar-refractivity contribution in [2.45, 2.75) is 25.0 Å². The first-order valence-corrected chi connectivity index (χ1v) is 10.6. The van der Waals surface area contributed by atoms with Crippen molar-refractivity contribution in [3.8, 4) is 17.6 Å². The van der Waals surface area contributed by atoms with Crippen molar-refractivity contribution in [2.24, 2.45) is 11.8 Å². The summed E-state index contributed by atoms with van der Waals surface area (Å²) < 4.78 is 5.39. The maximum absolute atomic E-state index is 11.4. The van der Waals surface area contributed by atoms with Crippen molar-refractivity contribution in [3.63, 3.8) is 0 Å². The molecule has 1 N–H and O–H groups in total. The fourth-order valence-corrected chi connectivity index (χ4v) is 5.00. The van der Waals surface area contributed by atoms with E-state index in [1.807, 2.05) is 42.5 Å². The molecule has 3 fully saturated rings. The van der Waals surface area contributed by atoms with Gasteiger partial charge in [0.15, 0.2) is 0 Å². The van der Waals surface area contributed by atoms with E-state index in [9.17, 15) is 5.11 Å². The van der Waals surface area contributed by atoms with Gasteiger partial charge < -0.3 is 9.84 Å². The largest absolute Gasteiger partial charge is 0.497 e. The summed E-state index contributed by atoms with van der Waals surface area (Å²) in [6.07, 6.45) is 3.37. The zero-order chi connectivity index (χ0) is 20.5. The van der Waals surface area contributed by atoms with Gasteiger partial charge in [0.05, 0.1) is 18.7 Å². The van der Waals surface area contributed by atoms with Gasteiger partial charge in [0.2, 0.25) is 0 Å². The minimum absolute atomic E-state index is 0.121. The van der Waals surface area contributed by atoms with Crippen LogP contribution < -0.4 is 4.74 Å². The van der Waals surface area contributed by atoms with Crippen molar-refractivity contribution >= 4 is 10.9 Å². The number of aliphatic hydroxyl groups excluding tert-OH is 1. The summed E-state index contributed by atoms with van der Waals surface area (Å²) in [4.78, 5) is 6.89. The van der Waals surface area contributed by atoms with Crippen molar-refractivity contribution in [2.75, 3.05) is 20.2 Å². The summed E-state index contributed by atoms with van der Waals surface area (Å²) in [6.45, 7) is 1.96. The SMILES string of the molecule is COc1ccc2nccc([C@@H](O)[C@@H]3C[C@@H]4CCN3C[C@@H]4C#Cc3ccccc3)c2c1. The predicted octanol–water partition coefficient (Wildman–Crippen LogP) is 4.04. The van der Waals surface area contributed by atoms with Crippen molar-refractivity contribution < 1.29 is 9.84 Å². The third kappa shape index (κ3) is 3.56. The van der Waals surface area contributed by atoms with E-state index in [0.717, 1.165) is 53.7 Å². The first kappa shape index (κ1) is 19.1. The fourth-order valence-electron chi connectivity index (χ4n) is 5.00. The average molecular weight is 399 g/mol. The first-order chi connectivity index (χ1) is 14.7. The highest BCUT2D eigenvalue weighted by Gasteiger charge is 2.42. The van der Waals surface area contributed by atoms with E-state index in [-0.39, 0.29) is 6.04 Å². The molecule has 3 aromatic rings. The molecule has 5 atom stereocenters. The first-order valence-electron chi connectivity index (χ1n) is 10.6. The molecule has 0 spiro atoms. The van der Waals surface area contributed by atoms with Gasteiger partial charge in [-0.25, -0.2) is 0 Å². The number of aromatic nitrogens is 1. The third-order valence-corrected chi connectivity index (χ3v) is 6.64. The molecule has 0 amide bonds. The van der Waals surface area contributed by atoms with Crippen LogP contribution in [0.25, 0.3) is 10.9 Å². The number of rotatable bonds is 3. The van der Waals surface area contributed by atoms with Crippen molar-refractivity contribution in [1.29, 1.82) is 0 Å². The molecule has 0 saturated carbocycles. The van der Waals surface area contributed by atoms with E-state index in [2.05, 4.69) is 33.9 Å². The Bertz CT molecular complexity index is 1100. The maximum atomic E-state index is 11.4. The van der Waals surface area contributed by atoms with Gasteiger partial charge in [-0.2, -0.15) is 0 Å². The van der Waals surface area contributed by atoms with E-state index < -0.39 is 6.10 Å². The Kier molecular flexibility index (Phi) is 5.16. The standard InChI is InChI=1S/C26H26N2O2/c1-30-21-9-10-24-23(16-21)22(11-13-27-24)26(29)25-15-19-12-14-28(25)17-20(19)8-7-18-5-3-2-4-6-18/h2-6,9-11,13,16,19-20,25-26,29H,12,14-15,17H2,1H3/t19-,20-,25-,26+/m0/s1. The number of benzene rings is 2. The summed E-state index contributed by atoms with van der Waals surface area (Å²) >= 11 is 0. The highest BCUT2D eigenvalue weighted by Crippen LogP contribution is 2.41. The van der Waals surface area contributed by atoms with E-state index in [0.29, 0.717) is 11.8 Å². The topological polar surface area (TPSA) is 45.6 Å². The Morgan fingerprint density at radius 1 is 1.17 bits per heavy atom. The second-order valence-electron chi connectivity index (χ2n) is 8.32. The lowest BCUT2D eigenvalue weighted by atomic mass is 9.73. The molecule has 1 unspecified atom stereocenters. The van der Waals surface area contributed by atoms with Crippen LogP contribution in [0.4, 0.5) is 0 Å². The number of methoxy groups -OCH3 is 1. The molecule has 4 heteroatoms. The smallest absolute Gasteiger partial charge is 0.119 e. The van der Waals surface area contributed by atoms with Crippen LogP contribution in [0.2, 0.25) is 0 Å². The van der Waals surface area contributed by atoms with Crippen LogP contribution >= 0.6 is 0 Å². The number of piperidine rings is 3. The molecule has 30 heavy (non-hydrogen) atoms. The van der Waals surface area contributed by atoms with Gasteiger partial charge in [0, 0.05) is 35.7 Å². The molecule has 0 radical (unpaired) electrons. The Labute approximate surface area is 177 Å². The Morgan fingerprint density at radius 3 is 2.80 bits per heavy atom. The molecule has 3 saturated heterocycles. The molecule has 1 aromatic heterocycles. The van der Waals surface area contributed by atoms with Gasteiger partial charge in [-0.1, -0.05) is 30.0 Å². The lowest BCUT2D eigenvalue weighted by Crippen LogP contribution is -2.55. The molecular weight excluding hydrogens is 372 g/mol. The summed E-state index contributed by atoms with van der Waals surface area (Å²) in [7, 11) is 1.66. The number of pyridine rings is 1. The van der Waals surface area contributed by atoms with Gasteiger partial charge in [0.1, 0.15) is 5.75 Å². The quantitative estimate of drug-likeness (QED) is 0.677. The molecule has 4 nitrogen and oxygen atoms in total. The maximum Gasteiger partial charge on any atom is 0.119 e. The Balaban J connectivity index is 1.38. The molecule has 3 aliphatic rings. The molecule has 0 aliphatic carbocycles. The molecule has 2 bridgehead atoms. The van der Waals surface area contributed by atoms with Crippen molar-refractivity contribution in [3.05, 3.63) is 71.9 Å². The number of fused-ring (bicyclic) bond motifs is 4. The van der Waals surface area contributed by atoms with E-state index in [1.165, 1.54) is 0 Å². The van der Waals surface area contributed by atoms with Gasteiger partial charge in [0.25, 0.3) is 0 Å². The van der Waals surface area contributed by atoms with Crippen LogP contribution in [0.15, 0.2) is 60.8 Å². The van der Waals surface area contributed by atoms with Crippen LogP contribution in [0.1, 0.15) is 30.1 Å². The van der Waals surface area contributed by atoms with Crippen LogP contribution in [0.5, 0.6) is 5.75 Å². The van der Waals surface area contributed by atoms with Gasteiger partial charge in [-0.15, -0.1) is 0 Å². The van der Waals surface area contributed by atoms with Crippen LogP contribution in [0.3, 0.4) is 0 Å². The van der Waals surface area contributed by atoms with Crippen LogP contribution in [0, 0.1) is 23.7 Å². The summed E-state index contributed by atoms with van der Waals surface area (Å²) in [5.41, 5.74) is 2.89. The Morgan fingerprint density at radius 2 is 2.03 bits per heavy atom. The van der Waals surface area contributed by atoms with E-state index >= 15 is 0 Å². The number of aliphatic hydroxyl groups is 1. The molecular formula is C26H26N2O2. The molecule has 6 rings (SSSR count). The molecule has 4 heterocycles. The van der Waals surface area contributed by atoms with Gasteiger partial charge >= 0.3 is 0 Å². The molecule has 152 valence electrons. The normalized spacial score (nSPS) is 26.1. The fraction of sp³-hybridized carbons (Fsp3) is 0.346. The number of hydrogen-bond donors (Lipinski definition) is 1. The average Bonchev–Trinajstić information content (AvgIpc) is 2.82. The Hall–Kier alpha value is -2.87. The summed E-state index contributed by atoms with van der Waals surface area (Å²) in [5, 5.41) is 12.3. The van der Waals surface area contributed by atoms with E-state index in [4.69, 9.17) is 4.74 Å². The summed E-state index contributed by atoms with van der Waals surface area (Å²) in [5.74, 6) is 8.55. The molecule has 3 aliphatic heterocycles. The summed E-state index contributed by atoms with van der Waals surface area (Å²) in [6, 6.07) is 18.1. The number of ether oxygens (including phenoxy) is 1. The predicted molar refractivity (Wildman–Crippen MR) is 118 cm³/mol. The minimum Gasteiger partial charge on any atom is -0.497 e. The number of hydrogen-bond acceptors (Lipinski definition) is 4. The minimum atomic E-state index is -0.548. The van der Waals surface area contributed by atoms with Gasteiger partial charge in [-0.3, -0.25) is 9.88 Å². The zero-order valence-electron chi connectivity index (χ0n) is 17.2. The van der Waals surface area contributed by atoms with Crippen LogP contribution in [-0.2, 0) is 0 Å². The lowest BCUT2D eigenvalue weighted by molar-refractivity contribution is -0.0425. The van der Waals surface area contributed by atoms with Crippen molar-refractivity contribution in [1.82, 2.24) is 9.88 Å². The lowest BCUT2D eigenvalue weighted by Gasteiger charge is -2.50. The second-order valence-corrected chi connectivity index (χ2v) is 8.32. The second kappa shape index (κ2) is 8.10. The monoisotopic (exact) mass is 398 g/mol. The number of nitrogens with zero attached hydrogens (tertiary/aromatic N) is 2. The molecule has 2 aromatic carbocycles. The van der Waals surface area contributed by atoms with E-state index in [1.54, 1.807) is 13.3 Å². The van der Waals surface area contributed by atoms with Crippen LogP contribution in [-0.4, -0.2) is 41.2 Å². The zero-order valence-corrected chi connectivity index (χ0v) is 17.2. The third-order valence-electron chi connectivity index (χ3n) is 6.64. The highest BCUT2D eigenvalue weighted by atomic mass is 16.5. The highest BCUT2D eigenvalue weighted by molar-refractivity contribution is 5.84.